The molecule has 34 heavy (non-hydrogen) atoms. The third kappa shape index (κ3) is 4.81. The summed E-state index contributed by atoms with van der Waals surface area (Å²) in [6.45, 7) is 0. The number of nitrogens with zero attached hydrogens (tertiary/aromatic N) is 3. The van der Waals surface area contributed by atoms with Crippen LogP contribution in [0.1, 0.15) is 23.7 Å². The van der Waals surface area contributed by atoms with Gasteiger partial charge in [-0.3, -0.25) is 9.36 Å². The Balaban J connectivity index is 1.60. The topological polar surface area (TPSA) is 69.0 Å². The number of amides is 1. The second-order valence-corrected chi connectivity index (χ2v) is 9.52. The predicted molar refractivity (Wildman–Crippen MR) is 135 cm³/mol. The third-order valence-corrected chi connectivity index (χ3v) is 7.00. The first kappa shape index (κ1) is 22.5. The Morgan fingerprint density at radius 2 is 1.74 bits per heavy atom. The summed E-state index contributed by atoms with van der Waals surface area (Å²) in [4.78, 5) is 13.2. The minimum absolute atomic E-state index is 0.0248. The summed E-state index contributed by atoms with van der Waals surface area (Å²) in [6.07, 6.45) is 2.05. The van der Waals surface area contributed by atoms with Gasteiger partial charge >= 0.3 is 0 Å². The Hall–Kier alpha value is -3.29. The molecular weight excluding hydrogens is 468 g/mol. The van der Waals surface area contributed by atoms with Crippen molar-refractivity contribution < 1.29 is 9.53 Å². The largest absolute Gasteiger partial charge is 0.496 e. The molecule has 1 N–H and O–H groups in total. The number of nitrogens with one attached hydrogen (secondary N) is 1. The lowest BCUT2D eigenvalue weighted by atomic mass is 10.1. The third-order valence-electron chi connectivity index (χ3n) is 5.55. The molecule has 0 spiro atoms. The number of methoxy groups -OCH3 is 1. The quantitative estimate of drug-likeness (QED) is 0.320. The maximum absolute atomic E-state index is 13.2. The molecule has 1 atom stereocenters. The van der Waals surface area contributed by atoms with E-state index in [9.17, 15) is 4.79 Å². The number of hydrogen-bond donors (Lipinski definition) is 1. The van der Waals surface area contributed by atoms with Gasteiger partial charge in [0.05, 0.1) is 12.7 Å². The van der Waals surface area contributed by atoms with Crippen molar-refractivity contribution in [2.45, 2.75) is 29.3 Å². The summed E-state index contributed by atoms with van der Waals surface area (Å²) in [7, 11) is 1.63. The van der Waals surface area contributed by atoms with Gasteiger partial charge in [-0.25, -0.2) is 0 Å². The highest BCUT2D eigenvalue weighted by molar-refractivity contribution is 8.00. The van der Waals surface area contributed by atoms with Crippen LogP contribution in [0.3, 0.4) is 0 Å². The van der Waals surface area contributed by atoms with Crippen molar-refractivity contribution >= 4 is 29.3 Å². The van der Waals surface area contributed by atoms with Crippen LogP contribution in [0.15, 0.2) is 84.0 Å². The normalized spacial score (nSPS) is 13.9. The number of aromatic nitrogens is 3. The highest BCUT2D eigenvalue weighted by Gasteiger charge is 2.31. The van der Waals surface area contributed by atoms with Gasteiger partial charge in [0.15, 0.2) is 11.0 Å². The summed E-state index contributed by atoms with van der Waals surface area (Å²) < 4.78 is 7.53. The highest BCUT2D eigenvalue weighted by atomic mass is 35.5. The SMILES string of the molecule is COc1ccccc1-c1nnc(SC(C(=O)NC2CC2)c2ccccc2)n1-c1ccc(Cl)cc1. The number of thioether (sulfide) groups is 1. The molecule has 1 aliphatic rings. The lowest BCUT2D eigenvalue weighted by molar-refractivity contribution is -0.120. The van der Waals surface area contributed by atoms with Crippen LogP contribution in [0.4, 0.5) is 0 Å². The number of hydrogen-bond acceptors (Lipinski definition) is 5. The van der Waals surface area contributed by atoms with E-state index < -0.39 is 5.25 Å². The van der Waals surface area contributed by atoms with Crippen molar-refractivity contribution in [3.8, 4) is 22.8 Å². The van der Waals surface area contributed by atoms with Crippen molar-refractivity contribution in [3.63, 3.8) is 0 Å². The molecule has 3 aromatic carbocycles. The van der Waals surface area contributed by atoms with Crippen LogP contribution in [-0.4, -0.2) is 33.8 Å². The average Bonchev–Trinajstić information content (AvgIpc) is 3.59. The zero-order valence-electron chi connectivity index (χ0n) is 18.5. The summed E-state index contributed by atoms with van der Waals surface area (Å²) in [5.41, 5.74) is 2.56. The van der Waals surface area contributed by atoms with E-state index >= 15 is 0 Å². The van der Waals surface area contributed by atoms with Crippen LogP contribution in [0.5, 0.6) is 5.75 Å². The van der Waals surface area contributed by atoms with Gasteiger partial charge in [0.2, 0.25) is 5.91 Å². The van der Waals surface area contributed by atoms with Gasteiger partial charge in [0.1, 0.15) is 11.0 Å². The number of carbonyl (C=O) groups is 1. The molecule has 1 saturated carbocycles. The number of rotatable bonds is 8. The summed E-state index contributed by atoms with van der Waals surface area (Å²) in [6, 6.07) is 25.2. The van der Waals surface area contributed by atoms with E-state index in [4.69, 9.17) is 16.3 Å². The molecule has 1 aliphatic carbocycles. The Kier molecular flexibility index (Phi) is 6.56. The summed E-state index contributed by atoms with van der Waals surface area (Å²) in [5.74, 6) is 1.28. The van der Waals surface area contributed by atoms with E-state index in [1.54, 1.807) is 7.11 Å². The van der Waals surface area contributed by atoms with E-state index in [-0.39, 0.29) is 11.9 Å². The van der Waals surface area contributed by atoms with Crippen LogP contribution in [0, 0.1) is 0 Å². The maximum Gasteiger partial charge on any atom is 0.238 e. The molecule has 0 bridgehead atoms. The fourth-order valence-corrected chi connectivity index (χ4v) is 4.87. The van der Waals surface area contributed by atoms with Crippen molar-refractivity contribution in [3.05, 3.63) is 89.4 Å². The number of para-hydroxylation sites is 1. The fraction of sp³-hybridized carbons (Fsp3) is 0.192. The molecule has 0 radical (unpaired) electrons. The second-order valence-electron chi connectivity index (χ2n) is 8.01. The Bertz CT molecular complexity index is 1290. The number of carbonyl (C=O) groups excluding carboxylic acids is 1. The molecule has 1 heterocycles. The molecule has 0 saturated heterocycles. The lowest BCUT2D eigenvalue weighted by Gasteiger charge is -2.18. The zero-order chi connectivity index (χ0) is 23.5. The predicted octanol–water partition coefficient (Wildman–Crippen LogP) is 5.71. The first-order chi connectivity index (χ1) is 16.6. The van der Waals surface area contributed by atoms with Gasteiger partial charge in [-0.05, 0) is 54.8 Å². The Morgan fingerprint density at radius 3 is 2.44 bits per heavy atom. The van der Waals surface area contributed by atoms with Gasteiger partial charge in [-0.2, -0.15) is 0 Å². The van der Waals surface area contributed by atoms with Gasteiger partial charge < -0.3 is 10.1 Å². The van der Waals surface area contributed by atoms with Gasteiger partial charge in [-0.1, -0.05) is 65.8 Å². The first-order valence-electron chi connectivity index (χ1n) is 11.0. The number of ether oxygens (including phenoxy) is 1. The minimum Gasteiger partial charge on any atom is -0.496 e. The molecular formula is C26H23ClN4O2S. The smallest absolute Gasteiger partial charge is 0.238 e. The van der Waals surface area contributed by atoms with Crippen LogP contribution >= 0.6 is 23.4 Å². The van der Waals surface area contributed by atoms with Gasteiger partial charge in [0.25, 0.3) is 0 Å². The van der Waals surface area contributed by atoms with E-state index in [0.29, 0.717) is 21.8 Å². The van der Waals surface area contributed by atoms with E-state index in [2.05, 4.69) is 15.5 Å². The molecule has 0 aliphatic heterocycles. The van der Waals surface area contributed by atoms with Crippen molar-refractivity contribution in [1.82, 2.24) is 20.1 Å². The van der Waals surface area contributed by atoms with Gasteiger partial charge in [-0.15, -0.1) is 10.2 Å². The average molecular weight is 491 g/mol. The Labute approximate surface area is 207 Å². The molecule has 1 fully saturated rings. The standard InChI is InChI=1S/C26H23ClN4O2S/c1-33-22-10-6-5-9-21(22)24-29-30-26(31(24)20-15-11-18(27)12-16-20)34-23(17-7-3-2-4-8-17)25(32)28-19-13-14-19/h2-12,15-16,19,23H,13-14H2,1H3,(H,28,32). The molecule has 6 nitrogen and oxygen atoms in total. The molecule has 172 valence electrons. The van der Waals surface area contributed by atoms with Crippen LogP contribution in [0.2, 0.25) is 5.02 Å². The van der Waals surface area contributed by atoms with Crippen molar-refractivity contribution in [1.29, 1.82) is 0 Å². The van der Waals surface area contributed by atoms with E-state index in [1.807, 2.05) is 83.4 Å². The minimum atomic E-state index is -0.470. The fourth-order valence-electron chi connectivity index (χ4n) is 3.68. The zero-order valence-corrected chi connectivity index (χ0v) is 20.1. The number of benzene rings is 3. The summed E-state index contributed by atoms with van der Waals surface area (Å²) >= 11 is 7.54. The Morgan fingerprint density at radius 1 is 1.03 bits per heavy atom. The van der Waals surface area contributed by atoms with Crippen molar-refractivity contribution in [2.75, 3.05) is 7.11 Å². The number of halogens is 1. The van der Waals surface area contributed by atoms with Crippen LogP contribution in [-0.2, 0) is 4.79 Å². The molecule has 4 aromatic rings. The van der Waals surface area contributed by atoms with Crippen LogP contribution < -0.4 is 10.1 Å². The monoisotopic (exact) mass is 490 g/mol. The maximum atomic E-state index is 13.2. The van der Waals surface area contributed by atoms with E-state index in [0.717, 1.165) is 29.7 Å². The first-order valence-corrected chi connectivity index (χ1v) is 12.3. The van der Waals surface area contributed by atoms with E-state index in [1.165, 1.54) is 11.8 Å². The van der Waals surface area contributed by atoms with Crippen molar-refractivity contribution in [2.24, 2.45) is 0 Å². The van der Waals surface area contributed by atoms with Crippen LogP contribution in [0.25, 0.3) is 17.1 Å². The van der Waals surface area contributed by atoms with Gasteiger partial charge in [0, 0.05) is 16.8 Å². The lowest BCUT2D eigenvalue weighted by Crippen LogP contribution is -2.29. The molecule has 5 rings (SSSR count). The highest BCUT2D eigenvalue weighted by Crippen LogP contribution is 2.39. The molecule has 8 heteroatoms. The summed E-state index contributed by atoms with van der Waals surface area (Å²) in [5, 5.41) is 12.9. The second kappa shape index (κ2) is 9.91. The molecule has 1 unspecified atom stereocenters. The molecule has 1 amide bonds. The molecule has 1 aromatic heterocycles.